The van der Waals surface area contributed by atoms with E-state index < -0.39 is 52.8 Å². The van der Waals surface area contributed by atoms with Crippen LogP contribution >= 0.6 is 0 Å². The number of hydrogen-bond acceptors (Lipinski definition) is 6. The summed E-state index contributed by atoms with van der Waals surface area (Å²) in [6, 6.07) is -2.80. The van der Waals surface area contributed by atoms with Gasteiger partial charge in [0.05, 0.1) is 6.04 Å². The third-order valence-corrected chi connectivity index (χ3v) is 7.51. The first kappa shape index (κ1) is 32.3. The van der Waals surface area contributed by atoms with E-state index in [1.807, 2.05) is 34.6 Å². The molecule has 220 valence electrons. The second-order valence-electron chi connectivity index (χ2n) is 13.9. The number of rotatable bonds is 10. The number of alkyl carbamates (subject to hydrolysis) is 1. The topological polar surface area (TPSA) is 134 Å². The molecule has 0 aromatic rings. The van der Waals surface area contributed by atoms with Crippen molar-refractivity contribution in [2.45, 2.75) is 99.4 Å². The molecular formula is C29H48N4O6. The van der Waals surface area contributed by atoms with Crippen molar-refractivity contribution in [3.05, 3.63) is 12.7 Å². The van der Waals surface area contributed by atoms with E-state index in [0.717, 1.165) is 0 Å². The lowest BCUT2D eigenvalue weighted by Crippen LogP contribution is -2.61. The first-order chi connectivity index (χ1) is 17.7. The standard InChI is InChI=1S/C29H48N4O6/c1-12-13-30-24(36)21(34)18(14-16(2)3)31-23(35)20-19-17(29(19,10)11)15-33(20)25(37)22(27(4,5)6)32-26(38)39-28(7,8)9/h12,16-20,22H,1,13-15H2,2-11H3,(H,30,36)(H,31,35)(H,32,38)/t17-,18?,19-,20-,22+/m0/s1. The van der Waals surface area contributed by atoms with Crippen molar-refractivity contribution in [1.82, 2.24) is 20.9 Å². The number of piperidine rings is 1. The molecule has 5 atom stereocenters. The monoisotopic (exact) mass is 548 g/mol. The number of ketones is 1. The number of Topliss-reactive ketones (excluding diaryl/α,β-unsaturated/α-hetero) is 1. The zero-order valence-corrected chi connectivity index (χ0v) is 25.3. The molecule has 3 N–H and O–H groups in total. The van der Waals surface area contributed by atoms with Crippen molar-refractivity contribution in [2.24, 2.45) is 28.6 Å². The second-order valence-corrected chi connectivity index (χ2v) is 13.9. The molecule has 2 aliphatic rings. The molecule has 10 heteroatoms. The van der Waals surface area contributed by atoms with Gasteiger partial charge in [0.25, 0.3) is 5.91 Å². The lowest BCUT2D eigenvalue weighted by atomic mass is 9.85. The number of nitrogens with zero attached hydrogens (tertiary/aromatic N) is 1. The van der Waals surface area contributed by atoms with Crippen LogP contribution in [0, 0.1) is 28.6 Å². The highest BCUT2D eigenvalue weighted by molar-refractivity contribution is 6.38. The van der Waals surface area contributed by atoms with Crippen LogP contribution in [0.15, 0.2) is 12.7 Å². The molecule has 1 saturated carbocycles. The van der Waals surface area contributed by atoms with Gasteiger partial charge >= 0.3 is 6.09 Å². The van der Waals surface area contributed by atoms with Crippen molar-refractivity contribution in [3.63, 3.8) is 0 Å². The van der Waals surface area contributed by atoms with Crippen molar-refractivity contribution in [3.8, 4) is 0 Å². The molecule has 0 aromatic heterocycles. The van der Waals surface area contributed by atoms with Gasteiger partial charge in [0, 0.05) is 13.1 Å². The summed E-state index contributed by atoms with van der Waals surface area (Å²) in [5, 5.41) is 7.99. The predicted molar refractivity (Wildman–Crippen MR) is 148 cm³/mol. The number of fused-ring (bicyclic) bond motifs is 1. The predicted octanol–water partition coefficient (Wildman–Crippen LogP) is 2.81. The van der Waals surface area contributed by atoms with Crippen molar-refractivity contribution in [2.75, 3.05) is 13.1 Å². The fraction of sp³-hybridized carbons (Fsp3) is 0.759. The van der Waals surface area contributed by atoms with E-state index in [0.29, 0.717) is 6.54 Å². The normalized spacial score (nSPS) is 23.3. The summed E-state index contributed by atoms with van der Waals surface area (Å²) in [6.07, 6.45) is 1.03. The summed E-state index contributed by atoms with van der Waals surface area (Å²) in [5.41, 5.74) is -1.57. The Hall–Kier alpha value is -2.91. The van der Waals surface area contributed by atoms with Gasteiger partial charge in [0.2, 0.25) is 17.6 Å². The van der Waals surface area contributed by atoms with Crippen molar-refractivity contribution >= 4 is 29.6 Å². The number of carbonyl (C=O) groups excluding carboxylic acids is 5. The molecule has 39 heavy (non-hydrogen) atoms. The minimum Gasteiger partial charge on any atom is -0.444 e. The average Bonchev–Trinajstić information content (AvgIpc) is 3.11. The largest absolute Gasteiger partial charge is 0.444 e. The van der Waals surface area contributed by atoms with Crippen LogP contribution in [0.3, 0.4) is 0 Å². The van der Waals surface area contributed by atoms with Gasteiger partial charge in [-0.1, -0.05) is 54.5 Å². The molecule has 1 heterocycles. The third kappa shape index (κ3) is 7.82. The van der Waals surface area contributed by atoms with E-state index in [1.165, 1.54) is 11.0 Å². The Morgan fingerprint density at radius 1 is 1.05 bits per heavy atom. The molecular weight excluding hydrogens is 500 g/mol. The zero-order valence-electron chi connectivity index (χ0n) is 25.3. The summed E-state index contributed by atoms with van der Waals surface area (Å²) in [6.45, 7) is 22.7. The Balaban J connectivity index is 2.33. The van der Waals surface area contributed by atoms with Crippen molar-refractivity contribution < 1.29 is 28.7 Å². The number of amides is 4. The van der Waals surface area contributed by atoms with E-state index in [2.05, 4.69) is 36.4 Å². The Labute approximate surface area is 233 Å². The van der Waals surface area contributed by atoms with Gasteiger partial charge in [-0.2, -0.15) is 0 Å². The Bertz CT molecular complexity index is 991. The lowest BCUT2D eigenvalue weighted by molar-refractivity contribution is -0.145. The molecule has 4 amide bonds. The number of carbonyl (C=O) groups is 5. The SMILES string of the molecule is C=CCNC(=O)C(=O)C(CC(C)C)NC(=O)[C@@H]1[C@@H]2[C@H](CN1C(=O)[C@@H](NC(=O)OC(C)(C)C)C(C)(C)C)C2(C)C. The second kappa shape index (κ2) is 11.7. The fourth-order valence-electron chi connectivity index (χ4n) is 5.42. The summed E-state index contributed by atoms with van der Waals surface area (Å²) in [7, 11) is 0. The van der Waals surface area contributed by atoms with E-state index in [1.54, 1.807) is 20.8 Å². The van der Waals surface area contributed by atoms with E-state index in [4.69, 9.17) is 4.74 Å². The molecule has 1 aliphatic carbocycles. The Morgan fingerprint density at radius 3 is 2.13 bits per heavy atom. The van der Waals surface area contributed by atoms with Crippen LogP contribution in [0.25, 0.3) is 0 Å². The highest BCUT2D eigenvalue weighted by Crippen LogP contribution is 2.65. The maximum absolute atomic E-state index is 13.9. The molecule has 1 unspecified atom stereocenters. The first-order valence-electron chi connectivity index (χ1n) is 13.8. The van der Waals surface area contributed by atoms with E-state index in [-0.39, 0.29) is 42.0 Å². The van der Waals surface area contributed by atoms with Crippen LogP contribution in [0.2, 0.25) is 0 Å². The highest BCUT2D eigenvalue weighted by Gasteiger charge is 2.70. The summed E-state index contributed by atoms with van der Waals surface area (Å²) in [4.78, 5) is 67.2. The highest BCUT2D eigenvalue weighted by atomic mass is 16.6. The molecule has 0 radical (unpaired) electrons. The smallest absolute Gasteiger partial charge is 0.408 e. The van der Waals surface area contributed by atoms with Crippen LogP contribution in [-0.4, -0.2) is 71.3 Å². The fourth-order valence-corrected chi connectivity index (χ4v) is 5.42. The maximum Gasteiger partial charge on any atom is 0.408 e. The first-order valence-corrected chi connectivity index (χ1v) is 13.8. The van der Waals surface area contributed by atoms with Crippen LogP contribution in [0.5, 0.6) is 0 Å². The average molecular weight is 549 g/mol. The number of hydrogen-bond donors (Lipinski definition) is 3. The minimum atomic E-state index is -1.03. The summed E-state index contributed by atoms with van der Waals surface area (Å²) < 4.78 is 5.40. The molecule has 1 saturated heterocycles. The summed E-state index contributed by atoms with van der Waals surface area (Å²) in [5.74, 6) is -2.35. The van der Waals surface area contributed by atoms with Gasteiger partial charge in [-0.25, -0.2) is 4.79 Å². The molecule has 0 spiro atoms. The molecule has 1 aliphatic heterocycles. The minimum absolute atomic E-state index is 0.0289. The maximum atomic E-state index is 13.9. The van der Waals surface area contributed by atoms with Crippen LogP contribution in [-0.2, 0) is 23.9 Å². The zero-order chi connectivity index (χ0) is 30.1. The van der Waals surface area contributed by atoms with Crippen molar-refractivity contribution in [1.29, 1.82) is 0 Å². The third-order valence-electron chi connectivity index (χ3n) is 7.51. The van der Waals surface area contributed by atoms with Gasteiger partial charge < -0.3 is 25.6 Å². The van der Waals surface area contributed by atoms with Crippen LogP contribution < -0.4 is 16.0 Å². The lowest BCUT2D eigenvalue weighted by Gasteiger charge is -2.38. The molecule has 2 rings (SSSR count). The Kier molecular flexibility index (Phi) is 9.67. The number of nitrogens with one attached hydrogen (secondary N) is 3. The number of ether oxygens (including phenoxy) is 1. The molecule has 0 bridgehead atoms. The number of likely N-dealkylation sites (tertiary alicyclic amines) is 1. The van der Waals surface area contributed by atoms with Crippen LogP contribution in [0.1, 0.15) is 75.7 Å². The Morgan fingerprint density at radius 2 is 1.64 bits per heavy atom. The van der Waals surface area contributed by atoms with Gasteiger partial charge in [0.1, 0.15) is 17.7 Å². The van der Waals surface area contributed by atoms with Gasteiger partial charge in [-0.15, -0.1) is 6.58 Å². The van der Waals surface area contributed by atoms with Gasteiger partial charge in [-0.05, 0) is 55.8 Å². The van der Waals surface area contributed by atoms with E-state index in [9.17, 15) is 24.0 Å². The quantitative estimate of drug-likeness (QED) is 0.284. The van der Waals surface area contributed by atoms with E-state index >= 15 is 0 Å². The molecule has 10 nitrogen and oxygen atoms in total. The molecule has 0 aromatic carbocycles. The van der Waals surface area contributed by atoms with Crippen LogP contribution in [0.4, 0.5) is 4.79 Å². The van der Waals surface area contributed by atoms with Gasteiger partial charge in [-0.3, -0.25) is 19.2 Å². The molecule has 2 fully saturated rings. The summed E-state index contributed by atoms with van der Waals surface area (Å²) >= 11 is 0. The van der Waals surface area contributed by atoms with Gasteiger partial charge in [0.15, 0.2) is 0 Å².